The first kappa shape index (κ1) is 21.5. The van der Waals surface area contributed by atoms with Gasteiger partial charge in [-0.05, 0) is 45.6 Å². The number of nitrogens with one attached hydrogen (secondary N) is 3. The molecule has 8 heteroatoms. The molecule has 0 aliphatic heterocycles. The minimum Gasteiger partial charge on any atom is -0.445 e. The van der Waals surface area contributed by atoms with Crippen LogP contribution in [0.5, 0.6) is 0 Å². The van der Waals surface area contributed by atoms with Gasteiger partial charge in [0, 0.05) is 6.04 Å². The molecule has 0 spiro atoms. The molecule has 1 fully saturated rings. The van der Waals surface area contributed by atoms with E-state index in [1.54, 1.807) is 20.8 Å². The first-order chi connectivity index (χ1) is 13.3. The van der Waals surface area contributed by atoms with Crippen molar-refractivity contribution in [3.63, 3.8) is 0 Å². The fourth-order valence-electron chi connectivity index (χ4n) is 3.13. The second-order valence-electron chi connectivity index (χ2n) is 7.86. The molecule has 8 nitrogen and oxygen atoms in total. The Hall–Kier alpha value is -2.77. The summed E-state index contributed by atoms with van der Waals surface area (Å²) in [5, 5.41) is 8.37. The minimum absolute atomic E-state index is 0.0733. The molecule has 1 aliphatic rings. The average Bonchev–Trinajstić information content (AvgIpc) is 2.62. The Bertz CT molecular complexity index is 660. The number of benzene rings is 1. The van der Waals surface area contributed by atoms with Crippen LogP contribution in [0.3, 0.4) is 0 Å². The Morgan fingerprint density at radius 2 is 1.75 bits per heavy atom. The molecule has 0 saturated heterocycles. The van der Waals surface area contributed by atoms with Crippen molar-refractivity contribution in [1.29, 1.82) is 0 Å². The van der Waals surface area contributed by atoms with Gasteiger partial charge < -0.3 is 25.4 Å². The number of carbonyl (C=O) groups excluding carboxylic acids is 3. The van der Waals surface area contributed by atoms with Crippen molar-refractivity contribution in [3.05, 3.63) is 35.9 Å². The second-order valence-corrected chi connectivity index (χ2v) is 7.86. The lowest BCUT2D eigenvalue weighted by Gasteiger charge is -2.36. The van der Waals surface area contributed by atoms with Gasteiger partial charge in [-0.2, -0.15) is 0 Å². The molecule has 1 saturated carbocycles. The van der Waals surface area contributed by atoms with Gasteiger partial charge in [-0.1, -0.05) is 30.3 Å². The number of carbonyl (C=O) groups is 3. The molecule has 1 aromatic carbocycles. The van der Waals surface area contributed by atoms with Crippen molar-refractivity contribution >= 4 is 18.6 Å². The number of ether oxygens (including phenoxy) is 2. The molecular weight excluding hydrogens is 362 g/mol. The lowest BCUT2D eigenvalue weighted by atomic mass is 9.87. The van der Waals surface area contributed by atoms with E-state index in [0.717, 1.165) is 5.56 Å². The zero-order valence-corrected chi connectivity index (χ0v) is 16.6. The quantitative estimate of drug-likeness (QED) is 0.646. The van der Waals surface area contributed by atoms with Crippen LogP contribution in [0, 0.1) is 0 Å². The van der Waals surface area contributed by atoms with Gasteiger partial charge in [0.05, 0.1) is 12.1 Å². The maximum Gasteiger partial charge on any atom is 0.407 e. The van der Waals surface area contributed by atoms with Crippen molar-refractivity contribution in [2.45, 2.75) is 70.4 Å². The fraction of sp³-hybridized carbons (Fsp3) is 0.550. The SMILES string of the molecule is CC(C)(C)OC(=O)N[C@@H]1C[C@@H](NC=O)CC[C@@H]1NC(=O)OCc1ccccc1. The highest BCUT2D eigenvalue weighted by Gasteiger charge is 2.34. The molecule has 1 aliphatic carbocycles. The van der Waals surface area contributed by atoms with Gasteiger partial charge in [-0.3, -0.25) is 4.79 Å². The maximum atomic E-state index is 12.2. The smallest absolute Gasteiger partial charge is 0.407 e. The third kappa shape index (κ3) is 7.46. The molecule has 0 aromatic heterocycles. The summed E-state index contributed by atoms with van der Waals surface area (Å²) in [5.74, 6) is 0. The zero-order valence-electron chi connectivity index (χ0n) is 16.6. The van der Waals surface area contributed by atoms with E-state index in [0.29, 0.717) is 25.7 Å². The Kier molecular flexibility index (Phi) is 7.66. The van der Waals surface area contributed by atoms with Crippen LogP contribution < -0.4 is 16.0 Å². The molecule has 1 aromatic rings. The van der Waals surface area contributed by atoms with Crippen LogP contribution in [-0.4, -0.2) is 42.3 Å². The highest BCUT2D eigenvalue weighted by Crippen LogP contribution is 2.20. The van der Waals surface area contributed by atoms with E-state index >= 15 is 0 Å². The summed E-state index contributed by atoms with van der Waals surface area (Å²) < 4.78 is 10.6. The topological polar surface area (TPSA) is 106 Å². The van der Waals surface area contributed by atoms with E-state index in [2.05, 4.69) is 16.0 Å². The highest BCUT2D eigenvalue weighted by molar-refractivity contribution is 5.70. The van der Waals surface area contributed by atoms with E-state index in [1.807, 2.05) is 30.3 Å². The number of alkyl carbamates (subject to hydrolysis) is 2. The molecule has 0 unspecified atom stereocenters. The molecule has 3 atom stereocenters. The van der Waals surface area contributed by atoms with E-state index in [1.165, 1.54) is 0 Å². The molecule has 0 heterocycles. The van der Waals surface area contributed by atoms with Gasteiger partial charge in [0.25, 0.3) is 0 Å². The maximum absolute atomic E-state index is 12.2. The van der Waals surface area contributed by atoms with Crippen LogP contribution in [0.2, 0.25) is 0 Å². The predicted octanol–water partition coefficient (Wildman–Crippen LogP) is 2.47. The van der Waals surface area contributed by atoms with Crippen LogP contribution in [0.15, 0.2) is 30.3 Å². The summed E-state index contributed by atoms with van der Waals surface area (Å²) in [6.45, 7) is 5.50. The molecule has 3 N–H and O–H groups in total. The standard InChI is InChI=1S/C20H29N3O5/c1-20(2,3)28-19(26)23-17-11-15(21-13-24)9-10-16(17)22-18(25)27-12-14-7-5-4-6-8-14/h4-8,13,15-17H,9-12H2,1-3H3,(H,21,24)(H,22,25)(H,23,26)/t15-,16-,17+/m0/s1. The van der Waals surface area contributed by atoms with Crippen LogP contribution >= 0.6 is 0 Å². The minimum atomic E-state index is -0.628. The van der Waals surface area contributed by atoms with E-state index in [4.69, 9.17) is 9.47 Å². The van der Waals surface area contributed by atoms with Gasteiger partial charge in [0.1, 0.15) is 12.2 Å². The van der Waals surface area contributed by atoms with Crippen molar-refractivity contribution < 1.29 is 23.9 Å². The molecule has 154 valence electrons. The van der Waals surface area contributed by atoms with Crippen LogP contribution in [-0.2, 0) is 20.9 Å². The number of hydrogen-bond acceptors (Lipinski definition) is 5. The van der Waals surface area contributed by atoms with Gasteiger partial charge in [-0.15, -0.1) is 0 Å². The lowest BCUT2D eigenvalue weighted by Crippen LogP contribution is -2.57. The summed E-state index contributed by atoms with van der Waals surface area (Å²) in [7, 11) is 0. The predicted molar refractivity (Wildman–Crippen MR) is 104 cm³/mol. The number of rotatable bonds is 6. The van der Waals surface area contributed by atoms with Crippen molar-refractivity contribution in [2.75, 3.05) is 0 Å². The zero-order chi connectivity index (χ0) is 20.6. The van der Waals surface area contributed by atoms with Crippen molar-refractivity contribution in [3.8, 4) is 0 Å². The Morgan fingerprint density at radius 3 is 2.39 bits per heavy atom. The van der Waals surface area contributed by atoms with E-state index < -0.39 is 17.8 Å². The summed E-state index contributed by atoms with van der Waals surface area (Å²) in [6, 6.07) is 8.61. The Balaban J connectivity index is 1.93. The Labute approximate surface area is 165 Å². The summed E-state index contributed by atoms with van der Waals surface area (Å²) >= 11 is 0. The molecule has 28 heavy (non-hydrogen) atoms. The summed E-state index contributed by atoms with van der Waals surface area (Å²) in [6.07, 6.45) is 1.31. The van der Waals surface area contributed by atoms with E-state index in [9.17, 15) is 14.4 Å². The number of amides is 3. The first-order valence-electron chi connectivity index (χ1n) is 9.43. The largest absolute Gasteiger partial charge is 0.445 e. The normalized spacial score (nSPS) is 21.9. The lowest BCUT2D eigenvalue weighted by molar-refractivity contribution is -0.110. The van der Waals surface area contributed by atoms with Gasteiger partial charge in [0.15, 0.2) is 0 Å². The van der Waals surface area contributed by atoms with Gasteiger partial charge in [-0.25, -0.2) is 9.59 Å². The van der Waals surface area contributed by atoms with Crippen molar-refractivity contribution in [1.82, 2.24) is 16.0 Å². The van der Waals surface area contributed by atoms with E-state index in [-0.39, 0.29) is 24.7 Å². The fourth-order valence-corrected chi connectivity index (χ4v) is 3.13. The molecule has 3 amide bonds. The molecule has 0 radical (unpaired) electrons. The number of hydrogen-bond donors (Lipinski definition) is 3. The van der Waals surface area contributed by atoms with Crippen LogP contribution in [0.4, 0.5) is 9.59 Å². The molecular formula is C20H29N3O5. The first-order valence-corrected chi connectivity index (χ1v) is 9.43. The molecule has 2 rings (SSSR count). The van der Waals surface area contributed by atoms with Gasteiger partial charge >= 0.3 is 12.2 Å². The van der Waals surface area contributed by atoms with Crippen LogP contribution in [0.25, 0.3) is 0 Å². The monoisotopic (exact) mass is 391 g/mol. The molecule has 0 bridgehead atoms. The summed E-state index contributed by atoms with van der Waals surface area (Å²) in [4.78, 5) is 35.1. The Morgan fingerprint density at radius 1 is 1.07 bits per heavy atom. The average molecular weight is 391 g/mol. The highest BCUT2D eigenvalue weighted by atomic mass is 16.6. The van der Waals surface area contributed by atoms with Gasteiger partial charge in [0.2, 0.25) is 6.41 Å². The van der Waals surface area contributed by atoms with Crippen LogP contribution in [0.1, 0.15) is 45.6 Å². The van der Waals surface area contributed by atoms with Crippen molar-refractivity contribution in [2.24, 2.45) is 0 Å². The third-order valence-corrected chi connectivity index (χ3v) is 4.37. The summed E-state index contributed by atoms with van der Waals surface area (Å²) in [5.41, 5.74) is 0.261. The third-order valence-electron chi connectivity index (χ3n) is 4.37. The second kappa shape index (κ2) is 9.96.